The van der Waals surface area contributed by atoms with Crippen molar-refractivity contribution in [1.29, 1.82) is 0 Å². The fourth-order valence-corrected chi connectivity index (χ4v) is 4.78. The summed E-state index contributed by atoms with van der Waals surface area (Å²) in [5.74, 6) is 0.773. The highest BCUT2D eigenvalue weighted by atomic mass is 15.3. The van der Waals surface area contributed by atoms with E-state index in [1.807, 2.05) is 6.07 Å². The van der Waals surface area contributed by atoms with Crippen LogP contribution in [0.25, 0.3) is 5.70 Å². The predicted octanol–water partition coefficient (Wildman–Crippen LogP) is 5.21. The van der Waals surface area contributed by atoms with Gasteiger partial charge in [0.25, 0.3) is 0 Å². The Morgan fingerprint density at radius 2 is 1.91 bits per heavy atom. The molecule has 0 aromatic heterocycles. The summed E-state index contributed by atoms with van der Waals surface area (Å²) in [4.78, 5) is 2.34. The van der Waals surface area contributed by atoms with Gasteiger partial charge in [0.15, 0.2) is 0 Å². The minimum absolute atomic E-state index is 0.171. The van der Waals surface area contributed by atoms with Crippen LogP contribution >= 0.6 is 0 Å². The van der Waals surface area contributed by atoms with E-state index in [0.29, 0.717) is 6.42 Å². The van der Waals surface area contributed by atoms with Crippen LogP contribution in [0.15, 0.2) is 92.1 Å². The molecule has 4 nitrogen and oxygen atoms in total. The summed E-state index contributed by atoms with van der Waals surface area (Å²) in [5.41, 5.74) is 7.68. The van der Waals surface area contributed by atoms with Crippen molar-refractivity contribution in [3.63, 3.8) is 0 Å². The second-order valence-corrected chi connectivity index (χ2v) is 8.99. The summed E-state index contributed by atoms with van der Waals surface area (Å²) in [6, 6.07) is 17.3. The third-order valence-electron chi connectivity index (χ3n) is 6.60. The number of nitrogens with zero attached hydrogens (tertiary/aromatic N) is 1. The third kappa shape index (κ3) is 4.18. The molecule has 2 unspecified atom stereocenters. The summed E-state index contributed by atoms with van der Waals surface area (Å²) >= 11 is 0. The molecule has 4 rings (SSSR count). The van der Waals surface area contributed by atoms with Gasteiger partial charge in [0, 0.05) is 48.2 Å². The van der Waals surface area contributed by atoms with Crippen molar-refractivity contribution in [1.82, 2.24) is 20.9 Å². The Labute approximate surface area is 192 Å². The molecule has 0 bridgehead atoms. The fourth-order valence-electron chi connectivity index (χ4n) is 4.78. The number of hydrogen-bond acceptors (Lipinski definition) is 4. The molecule has 2 aliphatic rings. The zero-order chi connectivity index (χ0) is 22.9. The third-order valence-corrected chi connectivity index (χ3v) is 6.60. The average Bonchev–Trinajstić information content (AvgIpc) is 3.22. The van der Waals surface area contributed by atoms with Gasteiger partial charge >= 0.3 is 0 Å². The molecule has 3 N–H and O–H groups in total. The SMILES string of the molecule is C=C(CC1(CN2Cc3ccc(CC)cc3C2=C)NC(=C)NC1=C)NC(C)c1ccccc1. The molecule has 1 fully saturated rings. The molecular weight excluding hydrogens is 392 g/mol. The first-order valence-corrected chi connectivity index (χ1v) is 11.3. The number of hydrogen-bond donors (Lipinski definition) is 3. The molecule has 166 valence electrons. The molecule has 2 aliphatic heterocycles. The monoisotopic (exact) mass is 426 g/mol. The molecule has 0 aliphatic carbocycles. The van der Waals surface area contributed by atoms with Crippen LogP contribution in [0.4, 0.5) is 0 Å². The largest absolute Gasteiger partial charge is 0.382 e. The maximum atomic E-state index is 4.42. The van der Waals surface area contributed by atoms with E-state index in [0.717, 1.165) is 42.4 Å². The number of rotatable bonds is 8. The van der Waals surface area contributed by atoms with E-state index in [-0.39, 0.29) is 6.04 Å². The maximum Gasteiger partial charge on any atom is 0.101 e. The standard InChI is InChI=1S/C28H34N4/c1-7-24-13-14-26-17-32(21(4)27(26)15-24)18-28(22(5)30-23(6)31-28)16-19(2)29-20(3)25-11-9-8-10-12-25/h8-15,20,29-31H,2,4-7,16-18H2,1,3H3. The van der Waals surface area contributed by atoms with Crippen LogP contribution in [0.3, 0.4) is 0 Å². The zero-order valence-electron chi connectivity index (χ0n) is 19.3. The highest BCUT2D eigenvalue weighted by Gasteiger charge is 2.42. The first-order valence-electron chi connectivity index (χ1n) is 11.3. The van der Waals surface area contributed by atoms with Crippen LogP contribution < -0.4 is 16.0 Å². The molecule has 1 saturated heterocycles. The van der Waals surface area contributed by atoms with Crippen LogP contribution in [0.5, 0.6) is 0 Å². The highest BCUT2D eigenvalue weighted by Crippen LogP contribution is 2.37. The topological polar surface area (TPSA) is 39.3 Å². The molecule has 2 aromatic carbocycles. The summed E-state index contributed by atoms with van der Waals surface area (Å²) in [7, 11) is 0. The van der Waals surface area contributed by atoms with E-state index in [2.05, 4.69) is 103 Å². The molecule has 2 atom stereocenters. The Morgan fingerprint density at radius 3 is 2.56 bits per heavy atom. The van der Waals surface area contributed by atoms with Crippen LogP contribution in [0, 0.1) is 0 Å². The van der Waals surface area contributed by atoms with Crippen molar-refractivity contribution in [2.75, 3.05) is 6.54 Å². The van der Waals surface area contributed by atoms with Gasteiger partial charge in [0.05, 0.1) is 5.82 Å². The number of benzene rings is 2. The summed E-state index contributed by atoms with van der Waals surface area (Å²) in [6.45, 7) is 23.1. The van der Waals surface area contributed by atoms with Crippen molar-refractivity contribution >= 4 is 5.70 Å². The van der Waals surface area contributed by atoms with E-state index in [1.54, 1.807) is 0 Å². The lowest BCUT2D eigenvalue weighted by Gasteiger charge is -2.36. The summed E-state index contributed by atoms with van der Waals surface area (Å²) in [5, 5.41) is 10.4. The van der Waals surface area contributed by atoms with Crippen LogP contribution in [0.2, 0.25) is 0 Å². The van der Waals surface area contributed by atoms with Gasteiger partial charge in [-0.3, -0.25) is 0 Å². The Hall–Kier alpha value is -3.40. The Bertz CT molecular complexity index is 1070. The maximum absolute atomic E-state index is 4.42. The second kappa shape index (κ2) is 8.62. The van der Waals surface area contributed by atoms with E-state index in [9.17, 15) is 0 Å². The van der Waals surface area contributed by atoms with Gasteiger partial charge in [0.1, 0.15) is 5.54 Å². The van der Waals surface area contributed by atoms with Crippen LogP contribution in [-0.4, -0.2) is 17.0 Å². The van der Waals surface area contributed by atoms with Crippen molar-refractivity contribution in [3.8, 4) is 0 Å². The quantitative estimate of drug-likeness (QED) is 0.542. The molecule has 2 aromatic rings. The predicted molar refractivity (Wildman–Crippen MR) is 134 cm³/mol. The summed E-state index contributed by atoms with van der Waals surface area (Å²) in [6.07, 6.45) is 1.72. The van der Waals surface area contributed by atoms with Crippen molar-refractivity contribution in [2.45, 2.75) is 44.8 Å². The van der Waals surface area contributed by atoms with E-state index >= 15 is 0 Å². The van der Waals surface area contributed by atoms with Gasteiger partial charge < -0.3 is 20.9 Å². The normalized spacial score (nSPS) is 20.6. The zero-order valence-corrected chi connectivity index (χ0v) is 19.3. The highest BCUT2D eigenvalue weighted by molar-refractivity contribution is 5.70. The van der Waals surface area contributed by atoms with Gasteiger partial charge in [-0.1, -0.05) is 75.7 Å². The number of nitrogens with one attached hydrogen (secondary N) is 3. The molecule has 0 spiro atoms. The molecular formula is C28H34N4. The van der Waals surface area contributed by atoms with Crippen LogP contribution in [0.1, 0.15) is 48.6 Å². The lowest BCUT2D eigenvalue weighted by atomic mass is 9.90. The Kier molecular flexibility index (Phi) is 5.88. The first-order chi connectivity index (χ1) is 15.3. The van der Waals surface area contributed by atoms with Gasteiger partial charge in [-0.25, -0.2) is 0 Å². The van der Waals surface area contributed by atoms with E-state index in [4.69, 9.17) is 0 Å². The van der Waals surface area contributed by atoms with Gasteiger partial charge in [-0.2, -0.15) is 0 Å². The number of aryl methyl sites for hydroxylation is 1. The molecule has 0 radical (unpaired) electrons. The van der Waals surface area contributed by atoms with E-state index < -0.39 is 5.54 Å². The Balaban J connectivity index is 1.51. The lowest BCUT2D eigenvalue weighted by Crippen LogP contribution is -2.50. The Morgan fingerprint density at radius 1 is 1.16 bits per heavy atom. The smallest absolute Gasteiger partial charge is 0.101 e. The minimum atomic E-state index is -0.420. The van der Waals surface area contributed by atoms with Gasteiger partial charge in [0.2, 0.25) is 0 Å². The molecule has 0 amide bonds. The summed E-state index contributed by atoms with van der Waals surface area (Å²) < 4.78 is 0. The lowest BCUT2D eigenvalue weighted by molar-refractivity contribution is 0.293. The van der Waals surface area contributed by atoms with Gasteiger partial charge in [-0.05, 0) is 36.1 Å². The minimum Gasteiger partial charge on any atom is -0.382 e. The first kappa shape index (κ1) is 21.8. The van der Waals surface area contributed by atoms with Crippen LogP contribution in [-0.2, 0) is 13.0 Å². The van der Waals surface area contributed by atoms with E-state index in [1.165, 1.54) is 22.3 Å². The van der Waals surface area contributed by atoms with Crippen molar-refractivity contribution < 1.29 is 0 Å². The van der Waals surface area contributed by atoms with Gasteiger partial charge in [-0.15, -0.1) is 0 Å². The molecule has 2 heterocycles. The molecule has 32 heavy (non-hydrogen) atoms. The molecule has 0 saturated carbocycles. The number of fused-ring (bicyclic) bond motifs is 1. The van der Waals surface area contributed by atoms with Crippen molar-refractivity contribution in [2.24, 2.45) is 0 Å². The molecule has 4 heteroatoms. The fraction of sp³-hybridized carbons (Fsp3) is 0.286. The van der Waals surface area contributed by atoms with Crippen molar-refractivity contribution in [3.05, 3.63) is 114 Å². The average molecular weight is 427 g/mol. The second-order valence-electron chi connectivity index (χ2n) is 8.99.